The Hall–Kier alpha value is -0.820. The fraction of sp³-hybridized carbons (Fsp3) is 0.625. The largest absolute Gasteiger partial charge is 0.396 e. The molecule has 0 aliphatic carbocycles. The quantitative estimate of drug-likeness (QED) is 0.837. The molecule has 1 heteroatoms. The second kappa shape index (κ2) is 5.22. The molecule has 0 saturated carbocycles. The average Bonchev–Trinajstić information content (AvgIpc) is 2.19. The molecule has 1 unspecified atom stereocenters. The van der Waals surface area contributed by atoms with E-state index in [1.165, 1.54) is 16.7 Å². The Morgan fingerprint density at radius 3 is 2.18 bits per heavy atom. The highest BCUT2D eigenvalue weighted by Crippen LogP contribution is 2.31. The van der Waals surface area contributed by atoms with Crippen LogP contribution >= 0.6 is 0 Å². The van der Waals surface area contributed by atoms with Crippen molar-refractivity contribution in [3.63, 3.8) is 0 Å². The Morgan fingerprint density at radius 2 is 1.76 bits per heavy atom. The van der Waals surface area contributed by atoms with E-state index in [0.29, 0.717) is 5.92 Å². The molecule has 0 aromatic heterocycles. The van der Waals surface area contributed by atoms with Crippen LogP contribution in [0.15, 0.2) is 18.2 Å². The fourth-order valence-corrected chi connectivity index (χ4v) is 2.17. The molecule has 0 aliphatic rings. The average molecular weight is 234 g/mol. The van der Waals surface area contributed by atoms with Crippen LogP contribution in [0.4, 0.5) is 0 Å². The predicted molar refractivity (Wildman–Crippen MR) is 74.5 cm³/mol. The van der Waals surface area contributed by atoms with Crippen LogP contribution in [0, 0.1) is 12.8 Å². The monoisotopic (exact) mass is 234 g/mol. The third-order valence-corrected chi connectivity index (χ3v) is 3.55. The SMILES string of the molecule is Cc1ccc(C(C)(C)C)cc1C(CO)C(C)C. The molecule has 1 N–H and O–H groups in total. The van der Waals surface area contributed by atoms with Gasteiger partial charge in [-0.3, -0.25) is 0 Å². The summed E-state index contributed by atoms with van der Waals surface area (Å²) in [6, 6.07) is 6.66. The lowest BCUT2D eigenvalue weighted by atomic mass is 9.80. The zero-order valence-corrected chi connectivity index (χ0v) is 12.0. The van der Waals surface area contributed by atoms with Gasteiger partial charge >= 0.3 is 0 Å². The summed E-state index contributed by atoms with van der Waals surface area (Å²) in [7, 11) is 0. The maximum absolute atomic E-state index is 9.57. The van der Waals surface area contributed by atoms with E-state index in [1.807, 2.05) is 0 Å². The van der Waals surface area contributed by atoms with Gasteiger partial charge in [-0.2, -0.15) is 0 Å². The van der Waals surface area contributed by atoms with E-state index in [2.05, 4.69) is 59.7 Å². The molecule has 1 aromatic carbocycles. The second-order valence-electron chi connectivity index (χ2n) is 6.35. The van der Waals surface area contributed by atoms with E-state index in [-0.39, 0.29) is 17.9 Å². The molecule has 0 spiro atoms. The topological polar surface area (TPSA) is 20.2 Å². The molecule has 17 heavy (non-hydrogen) atoms. The third-order valence-electron chi connectivity index (χ3n) is 3.55. The summed E-state index contributed by atoms with van der Waals surface area (Å²) in [6.45, 7) is 13.4. The Labute approximate surface area is 106 Å². The maximum atomic E-state index is 9.57. The van der Waals surface area contributed by atoms with Gasteiger partial charge in [0.1, 0.15) is 0 Å². The molecule has 0 aliphatic heterocycles. The second-order valence-corrected chi connectivity index (χ2v) is 6.35. The summed E-state index contributed by atoms with van der Waals surface area (Å²) in [5, 5.41) is 9.57. The minimum Gasteiger partial charge on any atom is -0.396 e. The van der Waals surface area contributed by atoms with E-state index in [4.69, 9.17) is 0 Å². The zero-order valence-electron chi connectivity index (χ0n) is 12.0. The molecule has 1 nitrogen and oxygen atoms in total. The summed E-state index contributed by atoms with van der Waals surface area (Å²) in [5.41, 5.74) is 4.09. The first-order valence-corrected chi connectivity index (χ1v) is 6.49. The predicted octanol–water partition coefficient (Wildman–Crippen LogP) is 4.02. The van der Waals surface area contributed by atoms with Gasteiger partial charge in [-0.1, -0.05) is 52.8 Å². The van der Waals surface area contributed by atoms with Gasteiger partial charge in [-0.25, -0.2) is 0 Å². The van der Waals surface area contributed by atoms with Crippen molar-refractivity contribution in [1.29, 1.82) is 0 Å². The first-order chi connectivity index (χ1) is 7.77. The summed E-state index contributed by atoms with van der Waals surface area (Å²) in [6.07, 6.45) is 0. The minimum absolute atomic E-state index is 0.166. The molecule has 1 aromatic rings. The number of benzene rings is 1. The minimum atomic E-state index is 0.166. The Kier molecular flexibility index (Phi) is 4.37. The molecule has 1 rings (SSSR count). The van der Waals surface area contributed by atoms with Gasteiger partial charge in [0.25, 0.3) is 0 Å². The fourth-order valence-electron chi connectivity index (χ4n) is 2.17. The summed E-state index contributed by atoms with van der Waals surface area (Å²) < 4.78 is 0. The van der Waals surface area contributed by atoms with Crippen LogP contribution < -0.4 is 0 Å². The normalized spacial score (nSPS) is 14.1. The number of hydrogen-bond donors (Lipinski definition) is 1. The first-order valence-electron chi connectivity index (χ1n) is 6.49. The number of aryl methyl sites for hydroxylation is 1. The zero-order chi connectivity index (χ0) is 13.2. The van der Waals surface area contributed by atoms with Gasteiger partial charge in [0, 0.05) is 5.92 Å². The van der Waals surface area contributed by atoms with Crippen molar-refractivity contribution in [2.75, 3.05) is 6.61 Å². The lowest BCUT2D eigenvalue weighted by Gasteiger charge is -2.25. The van der Waals surface area contributed by atoms with E-state index in [9.17, 15) is 5.11 Å². The highest BCUT2D eigenvalue weighted by Gasteiger charge is 2.20. The van der Waals surface area contributed by atoms with Crippen LogP contribution in [0.1, 0.15) is 57.2 Å². The highest BCUT2D eigenvalue weighted by atomic mass is 16.3. The van der Waals surface area contributed by atoms with Gasteiger partial charge in [0.05, 0.1) is 6.61 Å². The van der Waals surface area contributed by atoms with Crippen molar-refractivity contribution in [3.05, 3.63) is 34.9 Å². The van der Waals surface area contributed by atoms with Crippen molar-refractivity contribution in [1.82, 2.24) is 0 Å². The molecule has 1 atom stereocenters. The van der Waals surface area contributed by atoms with Gasteiger partial charge < -0.3 is 5.11 Å². The van der Waals surface area contributed by atoms with Crippen molar-refractivity contribution in [3.8, 4) is 0 Å². The van der Waals surface area contributed by atoms with E-state index in [1.54, 1.807) is 0 Å². The lowest BCUT2D eigenvalue weighted by molar-refractivity contribution is 0.237. The van der Waals surface area contributed by atoms with Crippen LogP contribution in [0.25, 0.3) is 0 Å². The van der Waals surface area contributed by atoms with Gasteiger partial charge in [0.2, 0.25) is 0 Å². The van der Waals surface area contributed by atoms with Crippen LogP contribution in [0.2, 0.25) is 0 Å². The van der Waals surface area contributed by atoms with Gasteiger partial charge in [0.15, 0.2) is 0 Å². The summed E-state index contributed by atoms with van der Waals surface area (Å²) in [5.74, 6) is 0.714. The van der Waals surface area contributed by atoms with Crippen LogP contribution in [0.3, 0.4) is 0 Å². The third kappa shape index (κ3) is 3.32. The number of aliphatic hydroxyl groups excluding tert-OH is 1. The summed E-state index contributed by atoms with van der Waals surface area (Å²) in [4.78, 5) is 0. The molecular formula is C16H26O. The van der Waals surface area contributed by atoms with E-state index in [0.717, 1.165) is 0 Å². The number of rotatable bonds is 3. The van der Waals surface area contributed by atoms with E-state index < -0.39 is 0 Å². The van der Waals surface area contributed by atoms with Crippen molar-refractivity contribution in [2.45, 2.75) is 52.9 Å². The Bertz CT molecular complexity index is 372. The van der Waals surface area contributed by atoms with E-state index >= 15 is 0 Å². The number of aliphatic hydroxyl groups is 1. The molecule has 0 amide bonds. The van der Waals surface area contributed by atoms with Crippen LogP contribution in [0.5, 0.6) is 0 Å². The van der Waals surface area contributed by atoms with Gasteiger partial charge in [-0.05, 0) is 34.9 Å². The van der Waals surface area contributed by atoms with Crippen LogP contribution in [-0.4, -0.2) is 11.7 Å². The molecule has 0 fully saturated rings. The van der Waals surface area contributed by atoms with Crippen molar-refractivity contribution >= 4 is 0 Å². The standard InChI is InChI=1S/C16H26O/c1-11(2)15(10-17)14-9-13(16(4,5)6)8-7-12(14)3/h7-9,11,15,17H,10H2,1-6H3. The molecule has 0 heterocycles. The maximum Gasteiger partial charge on any atom is 0.0502 e. The van der Waals surface area contributed by atoms with Crippen molar-refractivity contribution in [2.24, 2.45) is 5.92 Å². The van der Waals surface area contributed by atoms with Crippen LogP contribution in [-0.2, 0) is 5.41 Å². The van der Waals surface area contributed by atoms with Gasteiger partial charge in [-0.15, -0.1) is 0 Å². The Balaban J connectivity index is 3.23. The molecule has 0 saturated heterocycles. The smallest absolute Gasteiger partial charge is 0.0502 e. The van der Waals surface area contributed by atoms with Crippen molar-refractivity contribution < 1.29 is 5.11 Å². The Morgan fingerprint density at radius 1 is 1.18 bits per heavy atom. The molecular weight excluding hydrogens is 208 g/mol. The summed E-state index contributed by atoms with van der Waals surface area (Å²) >= 11 is 0. The number of hydrogen-bond acceptors (Lipinski definition) is 1. The highest BCUT2D eigenvalue weighted by molar-refractivity contribution is 5.37. The molecule has 96 valence electrons. The molecule has 0 radical (unpaired) electrons. The first kappa shape index (κ1) is 14.2. The lowest BCUT2D eigenvalue weighted by Crippen LogP contribution is -2.16. The molecule has 0 bridgehead atoms.